The lowest BCUT2D eigenvalue weighted by atomic mass is 10.1. The van der Waals surface area contributed by atoms with E-state index in [1.165, 1.54) is 10.8 Å². The predicted molar refractivity (Wildman–Crippen MR) is 106 cm³/mol. The third-order valence-electron chi connectivity index (χ3n) is 4.33. The fourth-order valence-electron chi connectivity index (χ4n) is 2.87. The molecule has 6 nitrogen and oxygen atoms in total. The van der Waals surface area contributed by atoms with Crippen LogP contribution in [0.25, 0.3) is 10.8 Å². The topological polar surface area (TPSA) is 94.2 Å². The molecule has 1 atom stereocenters. The first kappa shape index (κ1) is 18.7. The molecular formula is C20H18ClN3O3. The summed E-state index contributed by atoms with van der Waals surface area (Å²) in [5.41, 5.74) is 6.27. The number of aromatic nitrogens is 1. The van der Waals surface area contributed by atoms with Crippen molar-refractivity contribution in [2.45, 2.75) is 19.4 Å². The number of hydrogen-bond acceptors (Lipinski definition) is 3. The van der Waals surface area contributed by atoms with Gasteiger partial charge in [-0.1, -0.05) is 29.8 Å². The molecule has 3 N–H and O–H groups in total. The zero-order chi connectivity index (χ0) is 19.6. The van der Waals surface area contributed by atoms with Crippen molar-refractivity contribution in [2.75, 3.05) is 5.32 Å². The van der Waals surface area contributed by atoms with Crippen molar-refractivity contribution in [3.05, 3.63) is 75.7 Å². The van der Waals surface area contributed by atoms with Crippen LogP contribution in [0.15, 0.2) is 59.5 Å². The Morgan fingerprint density at radius 3 is 2.59 bits per heavy atom. The van der Waals surface area contributed by atoms with Gasteiger partial charge in [0.1, 0.15) is 6.04 Å². The third kappa shape index (κ3) is 4.01. The van der Waals surface area contributed by atoms with E-state index in [1.54, 1.807) is 49.4 Å². The van der Waals surface area contributed by atoms with Crippen LogP contribution >= 0.6 is 11.6 Å². The Kier molecular flexibility index (Phi) is 5.28. The molecule has 0 spiro atoms. The molecule has 0 bridgehead atoms. The largest absolute Gasteiger partial charge is 0.368 e. The van der Waals surface area contributed by atoms with E-state index >= 15 is 0 Å². The smallest absolute Gasteiger partial charge is 0.259 e. The quantitative estimate of drug-likeness (QED) is 0.709. The summed E-state index contributed by atoms with van der Waals surface area (Å²) in [6.07, 6.45) is 1.67. The number of primary amides is 1. The number of halogens is 1. The number of nitrogens with zero attached hydrogens (tertiary/aromatic N) is 1. The number of amides is 2. The Balaban J connectivity index is 1.91. The second-order valence-corrected chi connectivity index (χ2v) is 6.66. The van der Waals surface area contributed by atoms with Gasteiger partial charge >= 0.3 is 0 Å². The van der Waals surface area contributed by atoms with Crippen molar-refractivity contribution in [3.8, 4) is 0 Å². The van der Waals surface area contributed by atoms with Gasteiger partial charge in [-0.05, 0) is 42.8 Å². The van der Waals surface area contributed by atoms with Crippen molar-refractivity contribution in [3.63, 3.8) is 0 Å². The summed E-state index contributed by atoms with van der Waals surface area (Å²) in [5.74, 6) is -0.818. The minimum absolute atomic E-state index is 0.159. The zero-order valence-electron chi connectivity index (χ0n) is 14.6. The highest BCUT2D eigenvalue weighted by Gasteiger charge is 2.15. The SMILES string of the molecule is CC(C(N)=O)n1ccc2c(NC(=O)Cc3cccc(Cl)c3)cccc2c1=O. The molecule has 7 heteroatoms. The monoisotopic (exact) mass is 383 g/mol. The maximum atomic E-state index is 12.7. The molecule has 0 aliphatic heterocycles. The van der Waals surface area contributed by atoms with Gasteiger partial charge in [0.2, 0.25) is 11.8 Å². The molecule has 1 aromatic heterocycles. The number of carbonyl (C=O) groups excluding carboxylic acids is 2. The fraction of sp³-hybridized carbons (Fsp3) is 0.150. The van der Waals surface area contributed by atoms with Crippen LogP contribution in [0.4, 0.5) is 5.69 Å². The highest BCUT2D eigenvalue weighted by molar-refractivity contribution is 6.30. The van der Waals surface area contributed by atoms with Crippen LogP contribution in [0.2, 0.25) is 5.02 Å². The first-order valence-corrected chi connectivity index (χ1v) is 8.72. The lowest BCUT2D eigenvalue weighted by Gasteiger charge is -2.14. The number of nitrogens with one attached hydrogen (secondary N) is 1. The molecule has 1 unspecified atom stereocenters. The van der Waals surface area contributed by atoms with Gasteiger partial charge in [-0.3, -0.25) is 14.4 Å². The molecule has 138 valence electrons. The Labute approximate surface area is 160 Å². The summed E-state index contributed by atoms with van der Waals surface area (Å²) in [7, 11) is 0. The minimum atomic E-state index is -0.761. The van der Waals surface area contributed by atoms with E-state index in [2.05, 4.69) is 5.32 Å². The molecule has 0 saturated heterocycles. The van der Waals surface area contributed by atoms with Crippen LogP contribution in [0, 0.1) is 0 Å². The zero-order valence-corrected chi connectivity index (χ0v) is 15.4. The van der Waals surface area contributed by atoms with Gasteiger partial charge in [0.25, 0.3) is 5.56 Å². The first-order valence-electron chi connectivity index (χ1n) is 8.34. The van der Waals surface area contributed by atoms with Crippen LogP contribution in [0.3, 0.4) is 0 Å². The fourth-order valence-corrected chi connectivity index (χ4v) is 3.08. The number of carbonyl (C=O) groups is 2. The van der Waals surface area contributed by atoms with Crippen LogP contribution in [-0.4, -0.2) is 16.4 Å². The molecule has 3 rings (SSSR count). The Morgan fingerprint density at radius 2 is 1.89 bits per heavy atom. The molecule has 0 radical (unpaired) electrons. The average Bonchev–Trinajstić information content (AvgIpc) is 2.62. The molecule has 27 heavy (non-hydrogen) atoms. The summed E-state index contributed by atoms with van der Waals surface area (Å²) >= 11 is 5.94. The molecule has 1 heterocycles. The summed E-state index contributed by atoms with van der Waals surface area (Å²) in [6, 6.07) is 13.0. The Bertz CT molecular complexity index is 1090. The van der Waals surface area contributed by atoms with Gasteiger partial charge < -0.3 is 15.6 Å². The van der Waals surface area contributed by atoms with Crippen LogP contribution in [0.1, 0.15) is 18.5 Å². The Hall–Kier alpha value is -3.12. The summed E-state index contributed by atoms with van der Waals surface area (Å²) in [4.78, 5) is 36.5. The van der Waals surface area contributed by atoms with E-state index < -0.39 is 11.9 Å². The van der Waals surface area contributed by atoms with Crippen molar-refractivity contribution < 1.29 is 9.59 Å². The highest BCUT2D eigenvalue weighted by atomic mass is 35.5. The molecule has 2 aromatic carbocycles. The van der Waals surface area contributed by atoms with E-state index in [-0.39, 0.29) is 17.9 Å². The first-order chi connectivity index (χ1) is 12.9. The van der Waals surface area contributed by atoms with Crippen molar-refractivity contribution in [1.82, 2.24) is 4.57 Å². The molecular weight excluding hydrogens is 366 g/mol. The van der Waals surface area contributed by atoms with E-state index in [0.717, 1.165) is 5.56 Å². The lowest BCUT2D eigenvalue weighted by molar-refractivity contribution is -0.120. The summed E-state index contributed by atoms with van der Waals surface area (Å²) in [5, 5.41) is 4.38. The lowest BCUT2D eigenvalue weighted by Crippen LogP contribution is -2.31. The standard InChI is InChI=1S/C20H18ClN3O3/c1-12(19(22)26)24-9-8-15-16(20(24)27)6-3-7-17(15)23-18(25)11-13-4-2-5-14(21)10-13/h2-10,12H,11H2,1H3,(H2,22,26)(H,23,25). The second-order valence-electron chi connectivity index (χ2n) is 6.23. The van der Waals surface area contributed by atoms with Crippen LogP contribution < -0.4 is 16.6 Å². The molecule has 0 aliphatic carbocycles. The Morgan fingerprint density at radius 1 is 1.15 bits per heavy atom. The predicted octanol–water partition coefficient (Wildman–Crippen LogP) is 2.88. The molecule has 0 fully saturated rings. The molecule has 0 aliphatic rings. The van der Waals surface area contributed by atoms with E-state index in [9.17, 15) is 14.4 Å². The number of hydrogen-bond donors (Lipinski definition) is 2. The number of fused-ring (bicyclic) bond motifs is 1. The third-order valence-corrected chi connectivity index (χ3v) is 4.56. The van der Waals surface area contributed by atoms with Gasteiger partial charge in [-0.15, -0.1) is 0 Å². The van der Waals surface area contributed by atoms with Gasteiger partial charge in [0.15, 0.2) is 0 Å². The highest BCUT2D eigenvalue weighted by Crippen LogP contribution is 2.22. The molecule has 0 saturated carbocycles. The molecule has 2 amide bonds. The summed E-state index contributed by atoms with van der Waals surface area (Å²) in [6.45, 7) is 1.56. The van der Waals surface area contributed by atoms with E-state index in [4.69, 9.17) is 17.3 Å². The molecule has 3 aromatic rings. The van der Waals surface area contributed by atoms with Gasteiger partial charge in [-0.25, -0.2) is 0 Å². The number of benzene rings is 2. The van der Waals surface area contributed by atoms with E-state index in [1.807, 2.05) is 6.07 Å². The van der Waals surface area contributed by atoms with Gasteiger partial charge in [0.05, 0.1) is 6.42 Å². The van der Waals surface area contributed by atoms with E-state index in [0.29, 0.717) is 21.5 Å². The summed E-state index contributed by atoms with van der Waals surface area (Å²) < 4.78 is 1.28. The maximum Gasteiger partial charge on any atom is 0.259 e. The van der Waals surface area contributed by atoms with Crippen molar-refractivity contribution in [2.24, 2.45) is 5.73 Å². The van der Waals surface area contributed by atoms with Gasteiger partial charge in [0, 0.05) is 27.7 Å². The number of anilines is 1. The number of rotatable bonds is 5. The van der Waals surface area contributed by atoms with Crippen LogP contribution in [-0.2, 0) is 16.0 Å². The second kappa shape index (κ2) is 7.63. The number of pyridine rings is 1. The number of nitrogens with two attached hydrogens (primary N) is 1. The minimum Gasteiger partial charge on any atom is -0.368 e. The van der Waals surface area contributed by atoms with Crippen molar-refractivity contribution >= 4 is 39.9 Å². The van der Waals surface area contributed by atoms with Crippen LogP contribution in [0.5, 0.6) is 0 Å². The average molecular weight is 384 g/mol. The maximum absolute atomic E-state index is 12.7. The van der Waals surface area contributed by atoms with Gasteiger partial charge in [-0.2, -0.15) is 0 Å². The van der Waals surface area contributed by atoms with Crippen molar-refractivity contribution in [1.29, 1.82) is 0 Å². The normalized spacial score (nSPS) is 11.9.